The van der Waals surface area contributed by atoms with E-state index in [-0.39, 0.29) is 17.9 Å². The van der Waals surface area contributed by atoms with Gasteiger partial charge in [-0.2, -0.15) is 0 Å². The number of carbonyl (C=O) groups is 2. The second-order valence-corrected chi connectivity index (χ2v) is 5.06. The van der Waals surface area contributed by atoms with Gasteiger partial charge in [-0.05, 0) is 25.8 Å². The molecule has 19 heavy (non-hydrogen) atoms. The number of hydrogen-bond acceptors (Lipinski definition) is 3. The molecule has 0 aliphatic carbocycles. The molecule has 3 heteroatoms. The molecule has 0 N–H and O–H groups in total. The lowest BCUT2D eigenvalue weighted by Crippen LogP contribution is -2.13. The van der Waals surface area contributed by atoms with Crippen molar-refractivity contribution in [3.05, 3.63) is 24.3 Å². The molecule has 106 valence electrons. The van der Waals surface area contributed by atoms with E-state index < -0.39 is 0 Å². The van der Waals surface area contributed by atoms with Crippen LogP contribution in [0.1, 0.15) is 58.3 Å². The number of rotatable bonds is 0. The third-order valence-corrected chi connectivity index (χ3v) is 3.13. The topological polar surface area (TPSA) is 43.4 Å². The molecule has 0 saturated heterocycles. The van der Waals surface area contributed by atoms with Gasteiger partial charge in [0.25, 0.3) is 0 Å². The standard InChI is InChI=1S/C16H24O3/c1-14-10-6-5-8-12-15(17)11-7-3-2-4-9-13-16(18)19-14/h5-6,8,12,14H,2-4,7,9-11,13H2,1H3/b6-5+,12-8+. The lowest BCUT2D eigenvalue weighted by atomic mass is 10.1. The Morgan fingerprint density at radius 3 is 2.47 bits per heavy atom. The predicted molar refractivity (Wildman–Crippen MR) is 75.8 cm³/mol. The van der Waals surface area contributed by atoms with Gasteiger partial charge in [0.15, 0.2) is 5.78 Å². The SMILES string of the molecule is CC1C/C=C/C=C/C(=O)CCCCCCCC(=O)O1. The minimum absolute atomic E-state index is 0.0965. The Morgan fingerprint density at radius 1 is 1.00 bits per heavy atom. The van der Waals surface area contributed by atoms with Crippen LogP contribution in [0.5, 0.6) is 0 Å². The van der Waals surface area contributed by atoms with E-state index in [1.165, 1.54) is 0 Å². The molecule has 1 aliphatic heterocycles. The fourth-order valence-corrected chi connectivity index (χ4v) is 2.03. The Hall–Kier alpha value is -1.38. The molecule has 1 heterocycles. The van der Waals surface area contributed by atoms with Crippen molar-refractivity contribution in [1.82, 2.24) is 0 Å². The number of cyclic esters (lactones) is 1. The average molecular weight is 264 g/mol. The van der Waals surface area contributed by atoms with Crippen LogP contribution < -0.4 is 0 Å². The first-order valence-electron chi connectivity index (χ1n) is 7.24. The maximum Gasteiger partial charge on any atom is 0.306 e. The van der Waals surface area contributed by atoms with E-state index in [4.69, 9.17) is 4.74 Å². The third kappa shape index (κ3) is 8.36. The summed E-state index contributed by atoms with van der Waals surface area (Å²) in [5.74, 6) is 0.0925. The average Bonchev–Trinajstić information content (AvgIpc) is 2.36. The number of ether oxygens (including phenoxy) is 1. The zero-order valence-corrected chi connectivity index (χ0v) is 11.8. The van der Waals surface area contributed by atoms with Gasteiger partial charge in [0.2, 0.25) is 0 Å². The largest absolute Gasteiger partial charge is 0.462 e. The summed E-state index contributed by atoms with van der Waals surface area (Å²) >= 11 is 0. The highest BCUT2D eigenvalue weighted by Crippen LogP contribution is 2.10. The van der Waals surface area contributed by atoms with Crippen molar-refractivity contribution in [3.63, 3.8) is 0 Å². The highest BCUT2D eigenvalue weighted by molar-refractivity contribution is 5.89. The lowest BCUT2D eigenvalue weighted by Gasteiger charge is -2.11. The monoisotopic (exact) mass is 264 g/mol. The molecule has 0 aromatic heterocycles. The van der Waals surface area contributed by atoms with Crippen molar-refractivity contribution in [2.24, 2.45) is 0 Å². The molecule has 1 unspecified atom stereocenters. The molecule has 3 nitrogen and oxygen atoms in total. The van der Waals surface area contributed by atoms with Crippen LogP contribution in [0.3, 0.4) is 0 Å². The molecule has 0 radical (unpaired) electrons. The summed E-state index contributed by atoms with van der Waals surface area (Å²) in [5.41, 5.74) is 0. The van der Waals surface area contributed by atoms with Crippen LogP contribution >= 0.6 is 0 Å². The van der Waals surface area contributed by atoms with E-state index in [0.29, 0.717) is 19.3 Å². The fraction of sp³-hybridized carbons (Fsp3) is 0.625. The maximum absolute atomic E-state index is 11.5. The second kappa shape index (κ2) is 9.54. The van der Waals surface area contributed by atoms with Crippen molar-refractivity contribution < 1.29 is 14.3 Å². The van der Waals surface area contributed by atoms with Gasteiger partial charge < -0.3 is 4.74 Å². The van der Waals surface area contributed by atoms with Crippen molar-refractivity contribution in [2.75, 3.05) is 0 Å². The molecule has 0 fully saturated rings. The van der Waals surface area contributed by atoms with Gasteiger partial charge in [-0.3, -0.25) is 9.59 Å². The first kappa shape index (κ1) is 15.7. The fourth-order valence-electron chi connectivity index (χ4n) is 2.03. The highest BCUT2D eigenvalue weighted by atomic mass is 16.5. The van der Waals surface area contributed by atoms with Gasteiger partial charge in [-0.1, -0.05) is 37.5 Å². The van der Waals surface area contributed by atoms with E-state index in [1.54, 1.807) is 12.2 Å². The minimum atomic E-state index is -0.0984. The van der Waals surface area contributed by atoms with Gasteiger partial charge >= 0.3 is 5.97 Å². The number of hydrogen-bond donors (Lipinski definition) is 0. The van der Waals surface area contributed by atoms with Crippen molar-refractivity contribution >= 4 is 11.8 Å². The van der Waals surface area contributed by atoms with Crippen LogP contribution in [-0.4, -0.2) is 17.9 Å². The normalized spacial score (nSPS) is 27.5. The molecular weight excluding hydrogens is 240 g/mol. The molecule has 1 atom stereocenters. The van der Waals surface area contributed by atoms with Gasteiger partial charge in [0.1, 0.15) is 6.10 Å². The summed E-state index contributed by atoms with van der Waals surface area (Å²) in [7, 11) is 0. The minimum Gasteiger partial charge on any atom is -0.462 e. The predicted octanol–water partition coefficient (Wildman–Crippen LogP) is 3.73. The Kier molecular flexibility index (Phi) is 7.87. The second-order valence-electron chi connectivity index (χ2n) is 5.06. The van der Waals surface area contributed by atoms with Crippen LogP contribution in [0.4, 0.5) is 0 Å². The van der Waals surface area contributed by atoms with Gasteiger partial charge in [-0.15, -0.1) is 0 Å². The Bertz CT molecular complexity index is 342. The summed E-state index contributed by atoms with van der Waals surface area (Å²) in [6, 6.07) is 0. The van der Waals surface area contributed by atoms with E-state index in [1.807, 2.05) is 19.1 Å². The van der Waals surface area contributed by atoms with Crippen molar-refractivity contribution in [3.8, 4) is 0 Å². The molecule has 1 aliphatic rings. The van der Waals surface area contributed by atoms with Crippen LogP contribution in [0.2, 0.25) is 0 Å². The zero-order valence-electron chi connectivity index (χ0n) is 11.8. The first-order valence-corrected chi connectivity index (χ1v) is 7.24. The molecule has 0 saturated carbocycles. The van der Waals surface area contributed by atoms with Crippen molar-refractivity contribution in [1.29, 1.82) is 0 Å². The van der Waals surface area contributed by atoms with Gasteiger partial charge in [0, 0.05) is 19.3 Å². The molecule has 0 aromatic carbocycles. The summed E-state index contributed by atoms with van der Waals surface area (Å²) in [6.45, 7) is 1.89. The van der Waals surface area contributed by atoms with E-state index in [9.17, 15) is 9.59 Å². The van der Waals surface area contributed by atoms with Crippen LogP contribution in [-0.2, 0) is 14.3 Å². The first-order chi connectivity index (χ1) is 9.18. The summed E-state index contributed by atoms with van der Waals surface area (Å²) in [4.78, 5) is 23.0. The van der Waals surface area contributed by atoms with E-state index >= 15 is 0 Å². The van der Waals surface area contributed by atoms with Crippen LogP contribution in [0.15, 0.2) is 24.3 Å². The van der Waals surface area contributed by atoms with Gasteiger partial charge in [0.05, 0.1) is 0 Å². The number of allylic oxidation sites excluding steroid dienone is 3. The molecule has 0 bridgehead atoms. The number of carbonyl (C=O) groups excluding carboxylic acids is 2. The van der Waals surface area contributed by atoms with Crippen molar-refractivity contribution in [2.45, 2.75) is 64.4 Å². The summed E-state index contributed by atoms with van der Waals surface area (Å²) in [5, 5.41) is 0. The zero-order chi connectivity index (χ0) is 13.9. The summed E-state index contributed by atoms with van der Waals surface area (Å²) in [6.07, 6.45) is 13.9. The summed E-state index contributed by atoms with van der Waals surface area (Å²) < 4.78 is 5.29. The smallest absolute Gasteiger partial charge is 0.306 e. The number of ketones is 1. The van der Waals surface area contributed by atoms with Gasteiger partial charge in [-0.25, -0.2) is 0 Å². The van der Waals surface area contributed by atoms with E-state index in [0.717, 1.165) is 32.1 Å². The van der Waals surface area contributed by atoms with Crippen LogP contribution in [0.25, 0.3) is 0 Å². The maximum atomic E-state index is 11.5. The molecule has 0 spiro atoms. The third-order valence-electron chi connectivity index (χ3n) is 3.13. The molecular formula is C16H24O3. The quantitative estimate of drug-likeness (QED) is 0.626. The molecule has 0 aromatic rings. The molecule has 0 amide bonds. The van der Waals surface area contributed by atoms with Crippen LogP contribution in [0, 0.1) is 0 Å². The van der Waals surface area contributed by atoms with E-state index in [2.05, 4.69) is 0 Å². The Morgan fingerprint density at radius 2 is 1.68 bits per heavy atom. The Labute approximate surface area is 115 Å². The number of esters is 1. The Balaban J connectivity index is 2.47. The molecule has 1 rings (SSSR count). The lowest BCUT2D eigenvalue weighted by molar-refractivity contribution is -0.148. The highest BCUT2D eigenvalue weighted by Gasteiger charge is 2.07.